The Labute approximate surface area is 125 Å². The van der Waals surface area contributed by atoms with Crippen molar-refractivity contribution in [1.29, 1.82) is 0 Å². The molecule has 0 aliphatic heterocycles. The van der Waals surface area contributed by atoms with Crippen molar-refractivity contribution in [3.8, 4) is 0 Å². The monoisotopic (exact) mass is 432 g/mol. The van der Waals surface area contributed by atoms with Crippen molar-refractivity contribution in [3.63, 3.8) is 0 Å². The van der Waals surface area contributed by atoms with Gasteiger partial charge < -0.3 is 11.0 Å². The molecule has 2 aliphatic rings. The molecule has 0 radical (unpaired) electrons. The Balaban J connectivity index is 0.00000162. The van der Waals surface area contributed by atoms with Crippen LogP contribution in [0.25, 0.3) is 0 Å². The number of rotatable bonds is 4. The maximum absolute atomic E-state index is 2.37. The molecule has 2 rings (SSSR count). The molecular weight excluding hydrogens is 408 g/mol. The second-order valence-corrected chi connectivity index (χ2v) is 9.66. The fourth-order valence-electron chi connectivity index (χ4n) is 2.39. The first-order valence-electron chi connectivity index (χ1n) is 6.56. The fraction of sp³-hybridized carbons (Fsp3) is 0.500. The Morgan fingerprint density at radius 1 is 0.789 bits per heavy atom. The summed E-state index contributed by atoms with van der Waals surface area (Å²) in [5.74, 6) is 1.42. The van der Waals surface area contributed by atoms with Crippen LogP contribution in [0.3, 0.4) is 0 Å². The standard InChI is InChI=1S/2C8H11.2H2O.W/c2*1-7(2)8-5-3-4-6-8;;;/h2*3,5,7H,4H2,1-2H3;2*1H2;/q;;;;+2/p-2. The normalized spacial score (nSPS) is 17.4. The summed E-state index contributed by atoms with van der Waals surface area (Å²) < 4.78 is 3.63. The van der Waals surface area contributed by atoms with Gasteiger partial charge in [0.05, 0.1) is 0 Å². The molecule has 0 amide bonds. The molecule has 0 heterocycles. The van der Waals surface area contributed by atoms with Crippen molar-refractivity contribution in [1.82, 2.24) is 0 Å². The first-order valence-corrected chi connectivity index (χ1v) is 9.50. The summed E-state index contributed by atoms with van der Waals surface area (Å²) in [5, 5.41) is 0. The zero-order chi connectivity index (χ0) is 12.4. The van der Waals surface area contributed by atoms with Crippen LogP contribution >= 0.6 is 0 Å². The van der Waals surface area contributed by atoms with E-state index >= 15 is 0 Å². The largest absolute Gasteiger partial charge is 0.870 e. The van der Waals surface area contributed by atoms with Crippen LogP contribution < -0.4 is 0 Å². The van der Waals surface area contributed by atoms with Gasteiger partial charge in [-0.25, -0.2) is 0 Å². The zero-order valence-electron chi connectivity index (χ0n) is 12.2. The van der Waals surface area contributed by atoms with E-state index < -0.39 is 18.6 Å². The summed E-state index contributed by atoms with van der Waals surface area (Å²) in [6.45, 7) is 9.31. The van der Waals surface area contributed by atoms with Crippen molar-refractivity contribution in [2.75, 3.05) is 0 Å². The SMILES string of the molecule is CC(C)C1=[C]([W+2][C]2=C(C(C)C)C=CC2)CC=C1.[OH-].[OH-]. The molecule has 0 fully saturated rings. The molecule has 0 saturated carbocycles. The van der Waals surface area contributed by atoms with Crippen molar-refractivity contribution in [2.45, 2.75) is 40.5 Å². The maximum Gasteiger partial charge on any atom is -0.870 e. The molecule has 0 unspecified atom stereocenters. The van der Waals surface area contributed by atoms with E-state index in [9.17, 15) is 0 Å². The van der Waals surface area contributed by atoms with Crippen LogP contribution in [0.4, 0.5) is 0 Å². The summed E-state index contributed by atoms with van der Waals surface area (Å²) in [6, 6.07) is 0. The molecule has 0 atom stereocenters. The smallest absolute Gasteiger partial charge is 0.870 e. The van der Waals surface area contributed by atoms with Crippen LogP contribution in [0.1, 0.15) is 40.5 Å². The van der Waals surface area contributed by atoms with Gasteiger partial charge in [-0.15, -0.1) is 0 Å². The van der Waals surface area contributed by atoms with Crippen LogP contribution in [-0.2, 0) is 18.6 Å². The third-order valence-corrected chi connectivity index (χ3v) is 8.00. The Morgan fingerprint density at radius 2 is 1.16 bits per heavy atom. The maximum atomic E-state index is 2.37. The van der Waals surface area contributed by atoms with E-state index in [1.165, 1.54) is 12.8 Å². The average Bonchev–Trinajstić information content (AvgIpc) is 2.86. The Hall–Kier alpha value is -0.432. The minimum Gasteiger partial charge on any atom is -0.870 e. The van der Waals surface area contributed by atoms with Gasteiger partial charge in [-0.05, 0) is 0 Å². The van der Waals surface area contributed by atoms with E-state index in [4.69, 9.17) is 0 Å². The van der Waals surface area contributed by atoms with Gasteiger partial charge in [0.25, 0.3) is 0 Å². The number of hydrogen-bond donors (Lipinski definition) is 0. The molecule has 0 saturated heterocycles. The Bertz CT molecular complexity index is 386. The van der Waals surface area contributed by atoms with Crippen LogP contribution in [-0.4, -0.2) is 11.0 Å². The van der Waals surface area contributed by atoms with E-state index in [1.54, 1.807) is 11.1 Å². The molecule has 19 heavy (non-hydrogen) atoms. The molecule has 106 valence electrons. The Morgan fingerprint density at radius 3 is 1.47 bits per heavy atom. The van der Waals surface area contributed by atoms with Gasteiger partial charge in [0, 0.05) is 0 Å². The summed E-state index contributed by atoms with van der Waals surface area (Å²) in [7, 11) is 0. The quantitative estimate of drug-likeness (QED) is 0.659. The Kier molecular flexibility index (Phi) is 7.81. The molecule has 0 spiro atoms. The first kappa shape index (κ1) is 18.6. The predicted octanol–water partition coefficient (Wildman–Crippen LogP) is 4.46. The second kappa shape index (κ2) is 7.99. The molecule has 0 aromatic rings. The van der Waals surface area contributed by atoms with Crippen molar-refractivity contribution >= 4 is 0 Å². The summed E-state index contributed by atoms with van der Waals surface area (Å²) >= 11 is -0.458. The summed E-state index contributed by atoms with van der Waals surface area (Å²) in [5.41, 5.74) is 3.30. The van der Waals surface area contributed by atoms with Crippen molar-refractivity contribution in [3.05, 3.63) is 43.4 Å². The minimum atomic E-state index is -0.458. The molecule has 2 N–H and O–H groups in total. The second-order valence-electron chi connectivity index (χ2n) is 5.38. The van der Waals surface area contributed by atoms with Crippen LogP contribution in [0.2, 0.25) is 0 Å². The minimum absolute atomic E-state index is 0. The zero-order valence-corrected chi connectivity index (χ0v) is 15.1. The number of hydrogen-bond acceptors (Lipinski definition) is 2. The topological polar surface area (TPSA) is 60.0 Å². The fourth-order valence-corrected chi connectivity index (χ4v) is 7.77. The van der Waals surface area contributed by atoms with Gasteiger partial charge >= 0.3 is 114 Å². The third kappa shape index (κ3) is 4.27. The van der Waals surface area contributed by atoms with Crippen LogP contribution in [0.15, 0.2) is 43.4 Å². The van der Waals surface area contributed by atoms with E-state index in [0.29, 0.717) is 11.8 Å². The third-order valence-electron chi connectivity index (χ3n) is 3.34. The summed E-state index contributed by atoms with van der Waals surface area (Å²) in [6.07, 6.45) is 12.0. The van der Waals surface area contributed by atoms with Crippen LogP contribution in [0, 0.1) is 11.8 Å². The molecule has 0 bridgehead atoms. The van der Waals surface area contributed by atoms with Gasteiger partial charge in [-0.2, -0.15) is 0 Å². The molecule has 2 nitrogen and oxygen atoms in total. The molecule has 0 aromatic carbocycles. The van der Waals surface area contributed by atoms with Crippen molar-refractivity contribution < 1.29 is 29.5 Å². The molecule has 2 aliphatic carbocycles. The van der Waals surface area contributed by atoms with Gasteiger partial charge in [-0.1, -0.05) is 0 Å². The van der Waals surface area contributed by atoms with Crippen LogP contribution in [0.5, 0.6) is 0 Å². The van der Waals surface area contributed by atoms with Gasteiger partial charge in [0.15, 0.2) is 0 Å². The molecule has 0 aromatic heterocycles. The van der Waals surface area contributed by atoms with E-state index in [-0.39, 0.29) is 11.0 Å². The van der Waals surface area contributed by atoms with Gasteiger partial charge in [-0.3, -0.25) is 0 Å². The van der Waals surface area contributed by atoms with E-state index in [0.717, 1.165) is 0 Å². The summed E-state index contributed by atoms with van der Waals surface area (Å²) in [4.78, 5) is 0. The first-order chi connectivity index (χ1) is 8.09. The van der Waals surface area contributed by atoms with E-state index in [1.807, 2.05) is 7.93 Å². The number of allylic oxidation sites excluding steroid dienone is 8. The van der Waals surface area contributed by atoms with Gasteiger partial charge in [0.2, 0.25) is 0 Å². The van der Waals surface area contributed by atoms with E-state index in [2.05, 4.69) is 52.0 Å². The molecule has 3 heteroatoms. The van der Waals surface area contributed by atoms with Gasteiger partial charge in [0.1, 0.15) is 0 Å². The molecular formula is C16H24O2W. The average molecular weight is 432 g/mol. The van der Waals surface area contributed by atoms with Crippen molar-refractivity contribution in [2.24, 2.45) is 11.8 Å². The predicted molar refractivity (Wildman–Crippen MR) is 75.1 cm³/mol.